The number of methoxy groups -OCH3 is 1. The summed E-state index contributed by atoms with van der Waals surface area (Å²) < 4.78 is 52.3. The number of rotatable bonds is 8. The fourth-order valence-corrected chi connectivity index (χ4v) is 3.33. The Hall–Kier alpha value is -4.61. The number of hydrogen-bond acceptors (Lipinski definition) is 7. The molecule has 0 aliphatic heterocycles. The maximum Gasteiger partial charge on any atom is 0.573 e. The monoisotopic (exact) mass is 545 g/mol. The molecule has 2 amide bonds. The molecule has 3 rings (SSSR count). The summed E-state index contributed by atoms with van der Waals surface area (Å²) in [5.74, 6) is -1.58. The number of anilines is 2. The molecule has 0 unspecified atom stereocenters. The molecule has 0 fully saturated rings. The number of Topliss-reactive ketones (excluding diaryl/α,β-unsaturated/α-hetero) is 1. The lowest BCUT2D eigenvalue weighted by molar-refractivity contribution is -0.274. The molecule has 0 saturated carbocycles. The molecule has 0 bridgehead atoms. The van der Waals surface area contributed by atoms with Crippen molar-refractivity contribution in [2.75, 3.05) is 17.7 Å². The Labute approximate surface area is 222 Å². The lowest BCUT2D eigenvalue weighted by Crippen LogP contribution is -2.27. The summed E-state index contributed by atoms with van der Waals surface area (Å²) >= 11 is 0. The predicted molar refractivity (Wildman–Crippen MR) is 137 cm³/mol. The van der Waals surface area contributed by atoms with E-state index in [1.807, 2.05) is 0 Å². The lowest BCUT2D eigenvalue weighted by atomic mass is 10.0. The maximum atomic E-state index is 12.8. The third-order valence-electron chi connectivity index (χ3n) is 4.92. The summed E-state index contributed by atoms with van der Waals surface area (Å²) in [6.07, 6.45) is -4.93. The van der Waals surface area contributed by atoms with Crippen LogP contribution >= 0.6 is 0 Å². The minimum Gasteiger partial charge on any atom is -0.481 e. The molecule has 12 heteroatoms. The van der Waals surface area contributed by atoms with Gasteiger partial charge in [0, 0.05) is 29.5 Å². The van der Waals surface area contributed by atoms with Gasteiger partial charge in [-0.1, -0.05) is 18.2 Å². The number of carbonyl (C=O) groups is 3. The van der Waals surface area contributed by atoms with Crippen molar-refractivity contribution >= 4 is 29.2 Å². The first-order chi connectivity index (χ1) is 18.2. The van der Waals surface area contributed by atoms with Gasteiger partial charge in [0.05, 0.1) is 24.9 Å². The molecule has 0 aliphatic rings. The Balaban J connectivity index is 1.77. The van der Waals surface area contributed by atoms with E-state index >= 15 is 0 Å². The number of nitrogens with zero attached hydrogens (tertiary/aromatic N) is 1. The highest BCUT2D eigenvalue weighted by atomic mass is 19.4. The Bertz CT molecular complexity index is 1350. The van der Waals surface area contributed by atoms with E-state index in [-0.39, 0.29) is 16.9 Å². The van der Waals surface area contributed by atoms with Crippen molar-refractivity contribution in [2.24, 2.45) is 0 Å². The van der Waals surface area contributed by atoms with Crippen LogP contribution in [-0.2, 0) is 9.53 Å². The average Bonchev–Trinajstić information content (AvgIpc) is 2.83. The van der Waals surface area contributed by atoms with Gasteiger partial charge in [-0.15, -0.1) is 13.2 Å². The fraction of sp³-hybridized carbons (Fsp3) is 0.259. The van der Waals surface area contributed by atoms with Crippen LogP contribution in [0.1, 0.15) is 37.6 Å². The van der Waals surface area contributed by atoms with E-state index in [1.165, 1.54) is 13.2 Å². The van der Waals surface area contributed by atoms with Gasteiger partial charge < -0.3 is 19.5 Å². The number of alkyl halides is 3. The van der Waals surface area contributed by atoms with Crippen LogP contribution in [0.5, 0.6) is 11.6 Å². The zero-order valence-electron chi connectivity index (χ0n) is 21.5. The number of ketones is 1. The highest BCUT2D eigenvalue weighted by Crippen LogP contribution is 2.31. The Morgan fingerprint density at radius 3 is 2.26 bits per heavy atom. The summed E-state index contributed by atoms with van der Waals surface area (Å²) in [4.78, 5) is 41.9. The van der Waals surface area contributed by atoms with E-state index in [9.17, 15) is 27.6 Å². The molecule has 39 heavy (non-hydrogen) atoms. The molecule has 0 radical (unpaired) electrons. The number of pyridine rings is 1. The van der Waals surface area contributed by atoms with Gasteiger partial charge in [0.2, 0.25) is 11.8 Å². The molecule has 2 aromatic carbocycles. The standard InChI is InChI=1S/C27H26F3N3O6/c1-26(2,3)39-25(36)33-20-10-9-19(38-27(28,29)30)13-21(20)32-23(35)14-22(34)17-7-5-6-16(12-17)18-8-11-24(37-4)31-15-18/h5-13,15H,14H2,1-4H3,(H,32,35)(H,33,36). The van der Waals surface area contributed by atoms with Gasteiger partial charge in [-0.3, -0.25) is 14.9 Å². The number of halogens is 3. The number of amides is 2. The average molecular weight is 546 g/mol. The molecule has 0 atom stereocenters. The fourth-order valence-electron chi connectivity index (χ4n) is 3.33. The van der Waals surface area contributed by atoms with Crippen molar-refractivity contribution in [3.05, 3.63) is 66.4 Å². The number of nitrogens with one attached hydrogen (secondary N) is 2. The van der Waals surface area contributed by atoms with Crippen LogP contribution in [0.2, 0.25) is 0 Å². The largest absolute Gasteiger partial charge is 0.573 e. The molecule has 1 aromatic heterocycles. The molecule has 0 saturated heterocycles. The van der Waals surface area contributed by atoms with E-state index in [2.05, 4.69) is 20.4 Å². The van der Waals surface area contributed by atoms with Crippen molar-refractivity contribution in [1.29, 1.82) is 0 Å². The maximum absolute atomic E-state index is 12.8. The minimum atomic E-state index is -4.98. The second-order valence-corrected chi connectivity index (χ2v) is 9.20. The second-order valence-electron chi connectivity index (χ2n) is 9.20. The number of aromatic nitrogens is 1. The molecule has 1 heterocycles. The van der Waals surface area contributed by atoms with Gasteiger partial charge in [0.1, 0.15) is 11.4 Å². The van der Waals surface area contributed by atoms with Crippen LogP contribution in [-0.4, -0.2) is 41.8 Å². The summed E-state index contributed by atoms with van der Waals surface area (Å²) in [5.41, 5.74) is 0.494. The van der Waals surface area contributed by atoms with Crippen LogP contribution in [0, 0.1) is 0 Å². The van der Waals surface area contributed by atoms with Gasteiger partial charge in [-0.25, -0.2) is 9.78 Å². The topological polar surface area (TPSA) is 116 Å². The van der Waals surface area contributed by atoms with Gasteiger partial charge in [-0.05, 0) is 50.6 Å². The van der Waals surface area contributed by atoms with Gasteiger partial charge >= 0.3 is 12.5 Å². The van der Waals surface area contributed by atoms with E-state index in [0.29, 0.717) is 17.0 Å². The summed E-state index contributed by atoms with van der Waals surface area (Å²) in [5, 5.41) is 4.73. The summed E-state index contributed by atoms with van der Waals surface area (Å²) in [6, 6.07) is 12.9. The number of carbonyl (C=O) groups excluding carboxylic acids is 3. The molecular weight excluding hydrogens is 519 g/mol. The number of benzene rings is 2. The second kappa shape index (κ2) is 11.8. The van der Waals surface area contributed by atoms with Crippen molar-refractivity contribution in [1.82, 2.24) is 4.98 Å². The van der Waals surface area contributed by atoms with Crippen LogP contribution in [0.3, 0.4) is 0 Å². The van der Waals surface area contributed by atoms with E-state index < -0.39 is 41.9 Å². The summed E-state index contributed by atoms with van der Waals surface area (Å²) in [7, 11) is 1.49. The number of hydrogen-bond donors (Lipinski definition) is 2. The van der Waals surface area contributed by atoms with E-state index in [4.69, 9.17) is 9.47 Å². The first-order valence-electron chi connectivity index (χ1n) is 11.6. The molecule has 0 aliphatic carbocycles. The van der Waals surface area contributed by atoms with Crippen molar-refractivity contribution in [3.8, 4) is 22.8 Å². The van der Waals surface area contributed by atoms with Crippen LogP contribution in [0.15, 0.2) is 60.8 Å². The smallest absolute Gasteiger partial charge is 0.481 e. The first kappa shape index (κ1) is 29.0. The SMILES string of the molecule is COc1ccc(-c2cccc(C(=O)CC(=O)Nc3cc(OC(F)(F)F)ccc3NC(=O)OC(C)(C)C)c2)cn1. The molecule has 3 aromatic rings. The van der Waals surface area contributed by atoms with E-state index in [0.717, 1.165) is 18.2 Å². The van der Waals surface area contributed by atoms with Crippen molar-refractivity contribution < 1.29 is 41.8 Å². The van der Waals surface area contributed by atoms with Crippen molar-refractivity contribution in [2.45, 2.75) is 39.2 Å². The zero-order chi connectivity index (χ0) is 28.8. The lowest BCUT2D eigenvalue weighted by Gasteiger charge is -2.21. The van der Waals surface area contributed by atoms with E-state index in [1.54, 1.807) is 57.3 Å². The van der Waals surface area contributed by atoms with Gasteiger partial charge in [0.15, 0.2) is 5.78 Å². The molecule has 206 valence electrons. The third-order valence-corrected chi connectivity index (χ3v) is 4.92. The zero-order valence-corrected chi connectivity index (χ0v) is 21.5. The minimum absolute atomic E-state index is 0.0615. The Kier molecular flexibility index (Phi) is 8.79. The Morgan fingerprint density at radius 1 is 0.897 bits per heavy atom. The normalized spacial score (nSPS) is 11.4. The quantitative estimate of drug-likeness (QED) is 0.255. The molecule has 2 N–H and O–H groups in total. The molecule has 0 spiro atoms. The molecule has 9 nitrogen and oxygen atoms in total. The van der Waals surface area contributed by atoms with Crippen LogP contribution in [0.25, 0.3) is 11.1 Å². The Morgan fingerprint density at radius 2 is 1.64 bits per heavy atom. The van der Waals surface area contributed by atoms with Crippen LogP contribution < -0.4 is 20.1 Å². The van der Waals surface area contributed by atoms with Crippen LogP contribution in [0.4, 0.5) is 29.3 Å². The predicted octanol–water partition coefficient (Wildman–Crippen LogP) is 6.21. The highest BCUT2D eigenvalue weighted by Gasteiger charge is 2.31. The molecular formula is C27H26F3N3O6. The van der Waals surface area contributed by atoms with Crippen molar-refractivity contribution in [3.63, 3.8) is 0 Å². The third kappa shape index (κ3) is 9.02. The summed E-state index contributed by atoms with van der Waals surface area (Å²) in [6.45, 7) is 4.88. The van der Waals surface area contributed by atoms with Gasteiger partial charge in [-0.2, -0.15) is 0 Å². The first-order valence-corrected chi connectivity index (χ1v) is 11.6. The highest BCUT2D eigenvalue weighted by molar-refractivity contribution is 6.12. The number of ether oxygens (including phenoxy) is 3. The van der Waals surface area contributed by atoms with Gasteiger partial charge in [0.25, 0.3) is 0 Å².